The first-order chi connectivity index (χ1) is 12.7. The fourth-order valence-corrected chi connectivity index (χ4v) is 2.43. The number of hydrogen-bond acceptors (Lipinski definition) is 4. The van der Waals surface area contributed by atoms with Gasteiger partial charge < -0.3 is 10.1 Å². The Labute approximate surface area is 149 Å². The van der Waals surface area contributed by atoms with Crippen LogP contribution in [0.4, 0.5) is 4.39 Å². The van der Waals surface area contributed by atoms with Gasteiger partial charge in [0.2, 0.25) is 5.88 Å². The van der Waals surface area contributed by atoms with Crippen molar-refractivity contribution in [3.63, 3.8) is 0 Å². The highest BCUT2D eigenvalue weighted by atomic mass is 19.1. The summed E-state index contributed by atoms with van der Waals surface area (Å²) in [7, 11) is 0. The molecule has 26 heavy (non-hydrogen) atoms. The number of hydrogen-bond donors (Lipinski definition) is 1. The zero-order valence-electron chi connectivity index (χ0n) is 13.9. The summed E-state index contributed by atoms with van der Waals surface area (Å²) >= 11 is 0. The van der Waals surface area contributed by atoms with Gasteiger partial charge in [-0.1, -0.05) is 30.3 Å². The van der Waals surface area contributed by atoms with E-state index in [0.29, 0.717) is 11.6 Å². The molecule has 1 saturated carbocycles. The molecule has 1 N–H and O–H groups in total. The van der Waals surface area contributed by atoms with E-state index in [4.69, 9.17) is 4.74 Å². The number of amides is 1. The lowest BCUT2D eigenvalue weighted by atomic mass is 10.2. The van der Waals surface area contributed by atoms with Crippen LogP contribution in [0.1, 0.15) is 23.2 Å². The van der Waals surface area contributed by atoms with E-state index in [9.17, 15) is 9.18 Å². The van der Waals surface area contributed by atoms with Crippen molar-refractivity contribution in [3.8, 4) is 23.0 Å². The van der Waals surface area contributed by atoms with Crippen LogP contribution in [0.15, 0.2) is 60.8 Å². The fourth-order valence-electron chi connectivity index (χ4n) is 2.43. The average Bonchev–Trinajstić information content (AvgIpc) is 3.48. The third-order valence-corrected chi connectivity index (χ3v) is 3.97. The van der Waals surface area contributed by atoms with Crippen molar-refractivity contribution in [2.24, 2.45) is 0 Å². The molecule has 0 bridgehead atoms. The fraction of sp³-hybridized carbons (Fsp3) is 0.150. The second-order valence-electron chi connectivity index (χ2n) is 6.08. The molecule has 0 unspecified atom stereocenters. The number of rotatable bonds is 5. The molecule has 0 atom stereocenters. The lowest BCUT2D eigenvalue weighted by molar-refractivity contribution is 0.0947. The van der Waals surface area contributed by atoms with E-state index in [1.807, 2.05) is 30.3 Å². The van der Waals surface area contributed by atoms with E-state index >= 15 is 0 Å². The van der Waals surface area contributed by atoms with Crippen LogP contribution in [0.25, 0.3) is 11.4 Å². The molecule has 0 saturated heterocycles. The third kappa shape index (κ3) is 3.69. The topological polar surface area (TPSA) is 64.1 Å². The van der Waals surface area contributed by atoms with Crippen molar-refractivity contribution >= 4 is 5.91 Å². The number of carbonyl (C=O) groups is 1. The molecule has 5 nitrogen and oxygen atoms in total. The average molecular weight is 349 g/mol. The van der Waals surface area contributed by atoms with Crippen molar-refractivity contribution in [2.45, 2.75) is 18.9 Å². The predicted molar refractivity (Wildman–Crippen MR) is 94.4 cm³/mol. The summed E-state index contributed by atoms with van der Waals surface area (Å²) in [5.74, 6) is 0.347. The number of halogens is 1. The second-order valence-corrected chi connectivity index (χ2v) is 6.08. The first-order valence-corrected chi connectivity index (χ1v) is 8.36. The SMILES string of the molecule is O=C(NC1CC1)c1cnc(-c2ccccc2)nc1Oc1ccc(F)cc1. The van der Waals surface area contributed by atoms with Gasteiger partial charge in [0.25, 0.3) is 5.91 Å². The van der Waals surface area contributed by atoms with Gasteiger partial charge in [0, 0.05) is 17.8 Å². The summed E-state index contributed by atoms with van der Waals surface area (Å²) in [5, 5.41) is 2.91. The molecule has 1 heterocycles. The predicted octanol–water partition coefficient (Wildman–Crippen LogP) is 3.97. The summed E-state index contributed by atoms with van der Waals surface area (Å²) in [6.45, 7) is 0. The van der Waals surface area contributed by atoms with E-state index in [1.165, 1.54) is 30.5 Å². The van der Waals surface area contributed by atoms with E-state index in [0.717, 1.165) is 18.4 Å². The Morgan fingerprint density at radius 1 is 1.08 bits per heavy atom. The summed E-state index contributed by atoms with van der Waals surface area (Å²) in [6, 6.07) is 15.2. The molecule has 1 aliphatic rings. The molecule has 0 radical (unpaired) electrons. The molecule has 130 valence electrons. The zero-order valence-corrected chi connectivity index (χ0v) is 13.9. The van der Waals surface area contributed by atoms with Crippen LogP contribution in [0, 0.1) is 5.82 Å². The quantitative estimate of drug-likeness (QED) is 0.757. The molecule has 1 amide bonds. The molecule has 1 aromatic heterocycles. The van der Waals surface area contributed by atoms with E-state index < -0.39 is 0 Å². The maximum absolute atomic E-state index is 13.1. The van der Waals surface area contributed by atoms with Crippen molar-refractivity contribution < 1.29 is 13.9 Å². The number of nitrogens with zero attached hydrogens (tertiary/aromatic N) is 2. The standard InChI is InChI=1S/C20H16FN3O2/c21-14-6-10-16(11-7-14)26-20-17(19(25)23-15-8-9-15)12-22-18(24-20)13-4-2-1-3-5-13/h1-7,10-12,15H,8-9H2,(H,23,25). The number of aromatic nitrogens is 2. The first kappa shape index (κ1) is 16.2. The van der Waals surface area contributed by atoms with Gasteiger partial charge in [-0.3, -0.25) is 4.79 Å². The van der Waals surface area contributed by atoms with Crippen LogP contribution in [0.5, 0.6) is 11.6 Å². The smallest absolute Gasteiger partial charge is 0.258 e. The molecule has 2 aromatic carbocycles. The van der Waals surface area contributed by atoms with Gasteiger partial charge in [0.15, 0.2) is 5.82 Å². The summed E-state index contributed by atoms with van der Waals surface area (Å²) in [4.78, 5) is 21.2. The van der Waals surface area contributed by atoms with Gasteiger partial charge in [-0.15, -0.1) is 0 Å². The molecule has 1 aliphatic carbocycles. The normalized spacial score (nSPS) is 13.3. The van der Waals surface area contributed by atoms with E-state index in [-0.39, 0.29) is 29.2 Å². The Balaban J connectivity index is 1.70. The van der Waals surface area contributed by atoms with Crippen LogP contribution in [0.2, 0.25) is 0 Å². The van der Waals surface area contributed by atoms with Crippen LogP contribution in [-0.4, -0.2) is 21.9 Å². The highest BCUT2D eigenvalue weighted by Crippen LogP contribution is 2.27. The molecule has 0 aliphatic heterocycles. The maximum atomic E-state index is 13.1. The highest BCUT2D eigenvalue weighted by molar-refractivity contribution is 5.96. The minimum atomic E-state index is -0.364. The van der Waals surface area contributed by atoms with Gasteiger partial charge in [0.05, 0.1) is 0 Å². The lowest BCUT2D eigenvalue weighted by Crippen LogP contribution is -2.26. The summed E-state index contributed by atoms with van der Waals surface area (Å²) < 4.78 is 18.9. The minimum absolute atomic E-state index is 0.142. The van der Waals surface area contributed by atoms with Crippen molar-refractivity contribution in [3.05, 3.63) is 72.2 Å². The Kier molecular flexibility index (Phi) is 4.31. The van der Waals surface area contributed by atoms with E-state index in [2.05, 4.69) is 15.3 Å². The van der Waals surface area contributed by atoms with Crippen molar-refractivity contribution in [1.82, 2.24) is 15.3 Å². The van der Waals surface area contributed by atoms with Gasteiger partial charge >= 0.3 is 0 Å². The van der Waals surface area contributed by atoms with Crippen LogP contribution in [0.3, 0.4) is 0 Å². The van der Waals surface area contributed by atoms with Crippen molar-refractivity contribution in [1.29, 1.82) is 0 Å². The number of ether oxygens (including phenoxy) is 1. The summed E-state index contributed by atoms with van der Waals surface area (Å²) in [6.07, 6.45) is 3.41. The number of benzene rings is 2. The van der Waals surface area contributed by atoms with Gasteiger partial charge in [0.1, 0.15) is 17.1 Å². The zero-order chi connectivity index (χ0) is 17.9. The number of carbonyl (C=O) groups excluding carboxylic acids is 1. The molecule has 3 aromatic rings. The molecular formula is C20H16FN3O2. The van der Waals surface area contributed by atoms with Gasteiger partial charge in [-0.25, -0.2) is 9.37 Å². The minimum Gasteiger partial charge on any atom is -0.438 e. The largest absolute Gasteiger partial charge is 0.438 e. The highest BCUT2D eigenvalue weighted by Gasteiger charge is 2.26. The van der Waals surface area contributed by atoms with E-state index in [1.54, 1.807) is 0 Å². The van der Waals surface area contributed by atoms with Gasteiger partial charge in [-0.2, -0.15) is 4.98 Å². The van der Waals surface area contributed by atoms with Crippen molar-refractivity contribution in [2.75, 3.05) is 0 Å². The van der Waals surface area contributed by atoms with Crippen LogP contribution >= 0.6 is 0 Å². The monoisotopic (exact) mass is 349 g/mol. The number of nitrogens with one attached hydrogen (secondary N) is 1. The lowest BCUT2D eigenvalue weighted by Gasteiger charge is -2.11. The van der Waals surface area contributed by atoms with Crippen LogP contribution in [-0.2, 0) is 0 Å². The second kappa shape index (κ2) is 6.92. The third-order valence-electron chi connectivity index (χ3n) is 3.97. The van der Waals surface area contributed by atoms with Gasteiger partial charge in [-0.05, 0) is 37.1 Å². The maximum Gasteiger partial charge on any atom is 0.258 e. The first-order valence-electron chi connectivity index (χ1n) is 8.36. The molecule has 1 fully saturated rings. The Bertz CT molecular complexity index is 926. The molecule has 6 heteroatoms. The molecule has 0 spiro atoms. The molecular weight excluding hydrogens is 333 g/mol. The molecule has 4 rings (SSSR count). The Morgan fingerprint density at radius 2 is 1.81 bits per heavy atom. The Hall–Kier alpha value is -3.28. The Morgan fingerprint density at radius 3 is 2.50 bits per heavy atom. The summed E-state index contributed by atoms with van der Waals surface area (Å²) in [5.41, 5.74) is 1.06. The van der Waals surface area contributed by atoms with Crippen LogP contribution < -0.4 is 10.1 Å².